The van der Waals surface area contributed by atoms with E-state index in [4.69, 9.17) is 12.2 Å². The van der Waals surface area contributed by atoms with E-state index in [-0.39, 0.29) is 18.2 Å². The van der Waals surface area contributed by atoms with Crippen LogP contribution in [0.3, 0.4) is 0 Å². The fourth-order valence-corrected chi connectivity index (χ4v) is 5.02. The van der Waals surface area contributed by atoms with E-state index in [1.54, 1.807) is 12.1 Å². The summed E-state index contributed by atoms with van der Waals surface area (Å²) >= 11 is 6.94. The van der Waals surface area contributed by atoms with Gasteiger partial charge in [-0.05, 0) is 30.4 Å². The van der Waals surface area contributed by atoms with Crippen molar-refractivity contribution in [2.24, 2.45) is 11.8 Å². The van der Waals surface area contributed by atoms with E-state index >= 15 is 0 Å². The molecule has 3 atom stereocenters. The van der Waals surface area contributed by atoms with Crippen molar-refractivity contribution in [2.75, 3.05) is 18.0 Å². The van der Waals surface area contributed by atoms with Crippen LogP contribution >= 0.6 is 24.0 Å². The van der Waals surface area contributed by atoms with Crippen molar-refractivity contribution in [3.8, 4) is 0 Å². The van der Waals surface area contributed by atoms with Crippen LogP contribution in [0.2, 0.25) is 0 Å². The van der Waals surface area contributed by atoms with E-state index in [0.717, 1.165) is 17.4 Å². The monoisotopic (exact) mass is 362 g/mol. The first-order valence-electron chi connectivity index (χ1n) is 8.33. The molecular weight excluding hydrogens is 340 g/mol. The lowest BCUT2D eigenvalue weighted by Gasteiger charge is -2.36. The van der Waals surface area contributed by atoms with Gasteiger partial charge in [0, 0.05) is 19.5 Å². The number of imide groups is 1. The zero-order valence-corrected chi connectivity index (χ0v) is 15.6. The van der Waals surface area contributed by atoms with Crippen molar-refractivity contribution in [2.45, 2.75) is 31.9 Å². The van der Waals surface area contributed by atoms with Gasteiger partial charge >= 0.3 is 0 Å². The van der Waals surface area contributed by atoms with Gasteiger partial charge in [-0.3, -0.25) is 9.59 Å². The van der Waals surface area contributed by atoms with Gasteiger partial charge in [0.25, 0.3) is 0 Å². The number of carbonyl (C=O) groups is 2. The Morgan fingerprint density at radius 1 is 1.12 bits per heavy atom. The van der Waals surface area contributed by atoms with Crippen LogP contribution in [0, 0.1) is 11.8 Å². The van der Waals surface area contributed by atoms with Gasteiger partial charge in [0.1, 0.15) is 9.57 Å². The lowest BCUT2D eigenvalue weighted by atomic mass is 9.92. The minimum absolute atomic E-state index is 0.146. The maximum absolute atomic E-state index is 12.7. The molecule has 2 aliphatic rings. The molecule has 4 nitrogen and oxygen atoms in total. The molecular formula is C18H22N2O2S2. The van der Waals surface area contributed by atoms with Crippen LogP contribution < -0.4 is 4.90 Å². The third kappa shape index (κ3) is 3.64. The number of carbonyl (C=O) groups excluding carboxylic acids is 2. The summed E-state index contributed by atoms with van der Waals surface area (Å²) in [6, 6.07) is 9.11. The van der Waals surface area contributed by atoms with E-state index < -0.39 is 5.25 Å². The molecule has 0 aliphatic carbocycles. The molecule has 3 rings (SSSR count). The van der Waals surface area contributed by atoms with Crippen LogP contribution in [-0.4, -0.2) is 39.4 Å². The maximum Gasteiger partial charge on any atom is 0.247 e. The number of rotatable bonds is 2. The van der Waals surface area contributed by atoms with Gasteiger partial charge < -0.3 is 4.90 Å². The highest BCUT2D eigenvalue weighted by Gasteiger charge is 2.41. The Labute approximate surface area is 152 Å². The standard InChI is InChI=1S/C18H22N2O2S2/c1-12-8-13(2)11-19(10-12)18(23)24-15-9-16(21)20(17(15)22)14-6-4-3-5-7-14/h3-7,12-13,15H,8-11H2,1-2H3. The normalized spacial score (nSPS) is 27.7. The largest absolute Gasteiger partial charge is 0.357 e. The fraction of sp³-hybridized carbons (Fsp3) is 0.500. The fourth-order valence-electron chi connectivity index (χ4n) is 3.55. The number of hydrogen-bond donors (Lipinski definition) is 0. The Kier molecular flexibility index (Phi) is 5.25. The highest BCUT2D eigenvalue weighted by Crippen LogP contribution is 2.32. The quantitative estimate of drug-likeness (QED) is 0.596. The molecule has 0 saturated carbocycles. The summed E-state index contributed by atoms with van der Waals surface area (Å²) < 4.78 is 0.745. The van der Waals surface area contributed by atoms with Crippen molar-refractivity contribution in [1.29, 1.82) is 0 Å². The number of benzene rings is 1. The van der Waals surface area contributed by atoms with Crippen LogP contribution in [0.15, 0.2) is 30.3 Å². The lowest BCUT2D eigenvalue weighted by Crippen LogP contribution is -2.41. The summed E-state index contributed by atoms with van der Waals surface area (Å²) in [6.45, 7) is 6.34. The Morgan fingerprint density at radius 2 is 1.75 bits per heavy atom. The summed E-state index contributed by atoms with van der Waals surface area (Å²) in [4.78, 5) is 28.5. The molecule has 1 aromatic carbocycles. The average Bonchev–Trinajstić information content (AvgIpc) is 2.81. The molecule has 2 aliphatic heterocycles. The van der Waals surface area contributed by atoms with Gasteiger partial charge in [0.2, 0.25) is 11.8 Å². The van der Waals surface area contributed by atoms with E-state index in [2.05, 4.69) is 18.7 Å². The smallest absolute Gasteiger partial charge is 0.247 e. The zero-order chi connectivity index (χ0) is 17.3. The van der Waals surface area contributed by atoms with Crippen LogP contribution in [0.25, 0.3) is 0 Å². The molecule has 128 valence electrons. The third-order valence-electron chi connectivity index (χ3n) is 4.49. The average molecular weight is 363 g/mol. The minimum Gasteiger partial charge on any atom is -0.357 e. The third-order valence-corrected chi connectivity index (χ3v) is 6.15. The molecule has 2 heterocycles. The zero-order valence-electron chi connectivity index (χ0n) is 14.0. The maximum atomic E-state index is 12.7. The van der Waals surface area contributed by atoms with Crippen molar-refractivity contribution in [3.63, 3.8) is 0 Å². The molecule has 0 spiro atoms. The van der Waals surface area contributed by atoms with Crippen molar-refractivity contribution >= 4 is 45.8 Å². The first-order chi connectivity index (χ1) is 11.5. The minimum atomic E-state index is -0.405. The molecule has 2 fully saturated rings. The predicted octanol–water partition coefficient (Wildman–Crippen LogP) is 3.31. The lowest BCUT2D eigenvalue weighted by molar-refractivity contribution is -0.121. The second-order valence-corrected chi connectivity index (χ2v) is 8.67. The van der Waals surface area contributed by atoms with Gasteiger partial charge in [-0.15, -0.1) is 0 Å². The number of amides is 2. The molecule has 0 N–H and O–H groups in total. The van der Waals surface area contributed by atoms with Crippen molar-refractivity contribution in [1.82, 2.24) is 4.90 Å². The first kappa shape index (κ1) is 17.4. The Bertz CT molecular complexity index is 640. The van der Waals surface area contributed by atoms with Crippen LogP contribution in [0.1, 0.15) is 26.7 Å². The summed E-state index contributed by atoms with van der Waals surface area (Å²) in [5.74, 6) is 0.909. The van der Waals surface area contributed by atoms with E-state index in [1.807, 2.05) is 18.2 Å². The summed E-state index contributed by atoms with van der Waals surface area (Å²) in [7, 11) is 0. The summed E-state index contributed by atoms with van der Waals surface area (Å²) in [6.07, 6.45) is 1.43. The number of nitrogens with zero attached hydrogens (tertiary/aromatic N) is 2. The number of thioether (sulfide) groups is 1. The van der Waals surface area contributed by atoms with Gasteiger partial charge in [-0.2, -0.15) is 0 Å². The Balaban J connectivity index is 1.67. The van der Waals surface area contributed by atoms with Gasteiger partial charge in [-0.1, -0.05) is 56.0 Å². The molecule has 1 aromatic rings. The molecule has 3 unspecified atom stereocenters. The molecule has 0 aromatic heterocycles. The second-order valence-electron chi connectivity index (χ2n) is 6.83. The SMILES string of the molecule is CC1CC(C)CN(C(=S)SC2CC(=O)N(c3ccccc3)C2=O)C1. The van der Waals surface area contributed by atoms with E-state index in [9.17, 15) is 9.59 Å². The number of piperidine rings is 1. The van der Waals surface area contributed by atoms with Crippen LogP contribution in [0.4, 0.5) is 5.69 Å². The summed E-state index contributed by atoms with van der Waals surface area (Å²) in [5.41, 5.74) is 0.640. The molecule has 0 radical (unpaired) electrons. The number of anilines is 1. The van der Waals surface area contributed by atoms with E-state index in [0.29, 0.717) is 17.5 Å². The number of thiocarbonyl (C=S) groups is 1. The number of para-hydroxylation sites is 1. The Hall–Kier alpha value is -1.40. The molecule has 6 heteroatoms. The van der Waals surface area contributed by atoms with Crippen LogP contribution in [-0.2, 0) is 9.59 Å². The Morgan fingerprint density at radius 3 is 2.38 bits per heavy atom. The van der Waals surface area contributed by atoms with E-state index in [1.165, 1.54) is 23.1 Å². The molecule has 24 heavy (non-hydrogen) atoms. The molecule has 0 bridgehead atoms. The number of likely N-dealkylation sites (tertiary alicyclic amines) is 1. The highest BCUT2D eigenvalue weighted by molar-refractivity contribution is 8.23. The topological polar surface area (TPSA) is 40.6 Å². The first-order valence-corrected chi connectivity index (χ1v) is 9.62. The van der Waals surface area contributed by atoms with Gasteiger partial charge in [0.05, 0.1) is 5.69 Å². The molecule has 2 saturated heterocycles. The summed E-state index contributed by atoms with van der Waals surface area (Å²) in [5, 5.41) is -0.405. The van der Waals surface area contributed by atoms with Crippen molar-refractivity contribution < 1.29 is 9.59 Å². The highest BCUT2D eigenvalue weighted by atomic mass is 32.2. The van der Waals surface area contributed by atoms with Crippen molar-refractivity contribution in [3.05, 3.63) is 30.3 Å². The molecule has 2 amide bonds. The predicted molar refractivity (Wildman–Crippen MR) is 102 cm³/mol. The second kappa shape index (κ2) is 7.23. The number of hydrogen-bond acceptors (Lipinski definition) is 4. The van der Waals surface area contributed by atoms with Gasteiger partial charge in [0.15, 0.2) is 0 Å². The van der Waals surface area contributed by atoms with Crippen LogP contribution in [0.5, 0.6) is 0 Å². The van der Waals surface area contributed by atoms with Gasteiger partial charge in [-0.25, -0.2) is 4.90 Å².